The topological polar surface area (TPSA) is 55.4 Å². The average molecular weight is 319 g/mol. The molecule has 5 fully saturated rings. The lowest BCUT2D eigenvalue weighted by Gasteiger charge is -2.55. The average Bonchev–Trinajstić information content (AvgIpc) is 2.52. The minimum Gasteiger partial charge on any atom is -0.455 e. The highest BCUT2D eigenvalue weighted by atomic mass is 16.5. The summed E-state index contributed by atoms with van der Waals surface area (Å²) in [6.07, 6.45) is 12.7. The molecule has 0 radical (unpaired) electrons. The zero-order valence-corrected chi connectivity index (χ0v) is 14.0. The molecule has 0 saturated heterocycles. The van der Waals surface area contributed by atoms with Crippen LogP contribution in [0.4, 0.5) is 0 Å². The fourth-order valence-corrected chi connectivity index (χ4v) is 6.16. The fraction of sp³-hybridized carbons (Fsp3) is 0.895. The summed E-state index contributed by atoms with van der Waals surface area (Å²) in [5.74, 6) is 1.98. The van der Waals surface area contributed by atoms with Crippen molar-refractivity contribution in [3.63, 3.8) is 0 Å². The SMILES string of the molecule is O=C(COC(=O)C12CC3CC(CC(C3)C1)C2)NC1CCCCC1. The zero-order valence-electron chi connectivity index (χ0n) is 14.0. The highest BCUT2D eigenvalue weighted by Crippen LogP contribution is 2.60. The maximum absolute atomic E-state index is 12.7. The van der Waals surface area contributed by atoms with Crippen molar-refractivity contribution < 1.29 is 14.3 Å². The van der Waals surface area contributed by atoms with Crippen molar-refractivity contribution in [2.45, 2.75) is 76.7 Å². The molecule has 1 N–H and O–H groups in total. The van der Waals surface area contributed by atoms with Crippen LogP contribution < -0.4 is 5.32 Å². The summed E-state index contributed by atoms with van der Waals surface area (Å²) in [4.78, 5) is 24.7. The van der Waals surface area contributed by atoms with Gasteiger partial charge in [-0.25, -0.2) is 0 Å². The molecule has 5 rings (SSSR count). The number of ether oxygens (including phenoxy) is 1. The number of hydrogen-bond donors (Lipinski definition) is 1. The monoisotopic (exact) mass is 319 g/mol. The number of carbonyl (C=O) groups excluding carboxylic acids is 2. The third-order valence-corrected chi connectivity index (χ3v) is 6.78. The van der Waals surface area contributed by atoms with E-state index in [9.17, 15) is 9.59 Å². The zero-order chi connectivity index (χ0) is 15.9. The quantitative estimate of drug-likeness (QED) is 0.810. The van der Waals surface area contributed by atoms with Crippen LogP contribution in [0.25, 0.3) is 0 Å². The van der Waals surface area contributed by atoms with E-state index >= 15 is 0 Å². The van der Waals surface area contributed by atoms with E-state index in [2.05, 4.69) is 5.32 Å². The molecule has 0 aromatic carbocycles. The first kappa shape index (κ1) is 15.5. The molecule has 0 spiro atoms. The van der Waals surface area contributed by atoms with Crippen LogP contribution in [-0.4, -0.2) is 24.5 Å². The minimum atomic E-state index is -0.250. The lowest BCUT2D eigenvalue weighted by Crippen LogP contribution is -2.51. The number of rotatable bonds is 4. The van der Waals surface area contributed by atoms with Crippen molar-refractivity contribution in [2.24, 2.45) is 23.2 Å². The number of nitrogens with one attached hydrogen (secondary N) is 1. The number of amides is 1. The van der Waals surface area contributed by atoms with Gasteiger partial charge in [-0.15, -0.1) is 0 Å². The predicted molar refractivity (Wildman–Crippen MR) is 86.6 cm³/mol. The maximum atomic E-state index is 12.7. The van der Waals surface area contributed by atoms with Crippen LogP contribution in [0.15, 0.2) is 0 Å². The second kappa shape index (κ2) is 6.10. The molecule has 0 unspecified atom stereocenters. The molecule has 23 heavy (non-hydrogen) atoms. The van der Waals surface area contributed by atoms with Crippen LogP contribution in [0.3, 0.4) is 0 Å². The molecule has 0 atom stereocenters. The highest BCUT2D eigenvalue weighted by molar-refractivity contribution is 5.83. The summed E-state index contributed by atoms with van der Waals surface area (Å²) in [6, 6.07) is 0.287. The Hall–Kier alpha value is -1.06. The maximum Gasteiger partial charge on any atom is 0.312 e. The van der Waals surface area contributed by atoms with E-state index in [0.29, 0.717) is 0 Å². The Morgan fingerprint density at radius 2 is 1.48 bits per heavy atom. The first-order valence-corrected chi connectivity index (χ1v) is 9.59. The molecule has 0 aromatic rings. The van der Waals surface area contributed by atoms with E-state index in [1.54, 1.807) is 0 Å². The first-order valence-electron chi connectivity index (χ1n) is 9.59. The Kier molecular flexibility index (Phi) is 4.10. The Balaban J connectivity index is 1.29. The van der Waals surface area contributed by atoms with Gasteiger partial charge in [0.2, 0.25) is 0 Å². The summed E-state index contributed by atoms with van der Waals surface area (Å²) in [7, 11) is 0. The Bertz CT molecular complexity index is 446. The van der Waals surface area contributed by atoms with Crippen molar-refractivity contribution >= 4 is 11.9 Å². The van der Waals surface area contributed by atoms with Crippen LogP contribution in [-0.2, 0) is 14.3 Å². The third-order valence-electron chi connectivity index (χ3n) is 6.78. The third kappa shape index (κ3) is 3.14. The summed E-state index contributed by atoms with van der Waals surface area (Å²) < 4.78 is 5.48. The molecule has 4 bridgehead atoms. The van der Waals surface area contributed by atoms with Crippen LogP contribution in [0.1, 0.15) is 70.6 Å². The lowest BCUT2D eigenvalue weighted by molar-refractivity contribution is -0.173. The van der Waals surface area contributed by atoms with E-state index in [-0.39, 0.29) is 29.9 Å². The summed E-state index contributed by atoms with van der Waals surface area (Å²) in [5.41, 5.74) is -0.250. The van der Waals surface area contributed by atoms with Crippen LogP contribution in [0, 0.1) is 23.2 Å². The molecular weight excluding hydrogens is 290 g/mol. The van der Waals surface area contributed by atoms with Gasteiger partial charge in [0.25, 0.3) is 5.91 Å². The van der Waals surface area contributed by atoms with Gasteiger partial charge in [-0.3, -0.25) is 9.59 Å². The predicted octanol–water partition coefficient (Wildman–Crippen LogP) is 3.19. The van der Waals surface area contributed by atoms with Gasteiger partial charge in [-0.2, -0.15) is 0 Å². The molecule has 1 amide bonds. The number of carbonyl (C=O) groups is 2. The van der Waals surface area contributed by atoms with Gasteiger partial charge in [-0.1, -0.05) is 19.3 Å². The van der Waals surface area contributed by atoms with E-state index in [4.69, 9.17) is 4.74 Å². The molecule has 5 aliphatic carbocycles. The molecule has 0 heterocycles. The van der Waals surface area contributed by atoms with Gasteiger partial charge in [0.05, 0.1) is 5.41 Å². The van der Waals surface area contributed by atoms with E-state index in [0.717, 1.165) is 49.9 Å². The normalized spacial score (nSPS) is 39.2. The minimum absolute atomic E-state index is 0.0862. The van der Waals surface area contributed by atoms with E-state index in [1.165, 1.54) is 38.5 Å². The van der Waals surface area contributed by atoms with Gasteiger partial charge in [0.1, 0.15) is 0 Å². The summed E-state index contributed by atoms with van der Waals surface area (Å²) >= 11 is 0. The molecule has 5 aliphatic rings. The first-order chi connectivity index (χ1) is 11.1. The molecule has 0 aromatic heterocycles. The van der Waals surface area contributed by atoms with Gasteiger partial charge >= 0.3 is 5.97 Å². The van der Waals surface area contributed by atoms with Crippen molar-refractivity contribution in [3.05, 3.63) is 0 Å². The van der Waals surface area contributed by atoms with Gasteiger partial charge < -0.3 is 10.1 Å². The van der Waals surface area contributed by atoms with Crippen molar-refractivity contribution in [2.75, 3.05) is 6.61 Å². The van der Waals surface area contributed by atoms with Gasteiger partial charge in [0.15, 0.2) is 6.61 Å². The lowest BCUT2D eigenvalue weighted by atomic mass is 9.49. The number of hydrogen-bond acceptors (Lipinski definition) is 3. The number of esters is 1. The standard InChI is InChI=1S/C19H29NO3/c21-17(20-16-4-2-1-3-5-16)12-23-18(22)19-9-13-6-14(10-19)8-15(7-13)11-19/h13-16H,1-12H2,(H,20,21). The van der Waals surface area contributed by atoms with Gasteiger partial charge in [-0.05, 0) is 69.1 Å². The van der Waals surface area contributed by atoms with Crippen LogP contribution >= 0.6 is 0 Å². The Labute approximate surface area is 138 Å². The largest absolute Gasteiger partial charge is 0.455 e. The Morgan fingerprint density at radius 1 is 0.913 bits per heavy atom. The van der Waals surface area contributed by atoms with E-state index < -0.39 is 0 Å². The molecule has 0 aliphatic heterocycles. The van der Waals surface area contributed by atoms with Crippen molar-refractivity contribution in [1.82, 2.24) is 5.32 Å². The molecule has 5 saturated carbocycles. The van der Waals surface area contributed by atoms with E-state index in [1.807, 2.05) is 0 Å². The second-order valence-corrected chi connectivity index (χ2v) is 8.68. The summed E-state index contributed by atoms with van der Waals surface area (Å²) in [5, 5.41) is 3.03. The van der Waals surface area contributed by atoms with Crippen molar-refractivity contribution in [1.29, 1.82) is 0 Å². The molecule has 4 heteroatoms. The highest BCUT2D eigenvalue weighted by Gasteiger charge is 2.55. The van der Waals surface area contributed by atoms with Crippen molar-refractivity contribution in [3.8, 4) is 0 Å². The fourth-order valence-electron chi connectivity index (χ4n) is 6.16. The molecular formula is C19H29NO3. The van der Waals surface area contributed by atoms with Gasteiger partial charge in [0, 0.05) is 6.04 Å². The Morgan fingerprint density at radius 3 is 2.04 bits per heavy atom. The second-order valence-electron chi connectivity index (χ2n) is 8.68. The van der Waals surface area contributed by atoms with Crippen LogP contribution in [0.5, 0.6) is 0 Å². The van der Waals surface area contributed by atoms with Crippen LogP contribution in [0.2, 0.25) is 0 Å². The summed E-state index contributed by atoms with van der Waals surface area (Å²) in [6.45, 7) is -0.0862. The molecule has 128 valence electrons. The smallest absolute Gasteiger partial charge is 0.312 e. The molecule has 4 nitrogen and oxygen atoms in total.